The van der Waals surface area contributed by atoms with E-state index >= 15 is 0 Å². The second kappa shape index (κ2) is 6.17. The lowest BCUT2D eigenvalue weighted by molar-refractivity contribution is 0.458. The highest BCUT2D eigenvalue weighted by Crippen LogP contribution is 2.24. The molecule has 1 aliphatic rings. The monoisotopic (exact) mass is 308 g/mol. The minimum atomic E-state index is -3.72. The van der Waals surface area contributed by atoms with Crippen molar-refractivity contribution in [2.45, 2.75) is 24.3 Å². The largest absolute Gasteiger partial charge is 0.316 e. The van der Waals surface area contributed by atoms with E-state index in [1.54, 1.807) is 20.0 Å². The third kappa shape index (κ3) is 3.25. The molecule has 1 N–H and O–H groups in total. The summed E-state index contributed by atoms with van der Waals surface area (Å²) in [4.78, 5) is -0.223. The quantitative estimate of drug-likeness (QED) is 0.921. The zero-order chi connectivity index (χ0) is 13.3. The highest BCUT2D eigenvalue weighted by Gasteiger charge is 2.33. The lowest BCUT2D eigenvalue weighted by atomic mass is 10.2. The Morgan fingerprint density at radius 2 is 2.11 bits per heavy atom. The van der Waals surface area contributed by atoms with Crippen LogP contribution in [0.15, 0.2) is 23.1 Å². The number of likely N-dealkylation sites (N-methyl/N-ethyl adjacent to an activating group) is 1. The first kappa shape index (κ1) is 16.4. The number of nitrogens with zero attached hydrogens (tertiary/aromatic N) is 1. The fourth-order valence-electron chi connectivity index (χ4n) is 2.13. The molecule has 2 rings (SSSR count). The molecular weight excluding hydrogens is 291 g/mol. The Morgan fingerprint density at radius 1 is 1.42 bits per heavy atom. The second-order valence-corrected chi connectivity index (χ2v) is 6.48. The van der Waals surface area contributed by atoms with Crippen LogP contribution in [0.5, 0.6) is 0 Å². The van der Waals surface area contributed by atoms with E-state index in [2.05, 4.69) is 5.32 Å². The molecule has 7 heteroatoms. The van der Waals surface area contributed by atoms with Crippen molar-refractivity contribution in [2.75, 3.05) is 20.1 Å². The van der Waals surface area contributed by atoms with E-state index in [1.807, 2.05) is 0 Å². The van der Waals surface area contributed by atoms with Gasteiger partial charge in [-0.15, -0.1) is 12.4 Å². The number of benzene rings is 1. The minimum absolute atomic E-state index is 0. The van der Waals surface area contributed by atoms with Gasteiger partial charge in [0, 0.05) is 19.1 Å². The fourth-order valence-corrected chi connectivity index (χ4v) is 3.78. The summed E-state index contributed by atoms with van der Waals surface area (Å²) in [6.45, 7) is 2.58. The summed E-state index contributed by atoms with van der Waals surface area (Å²) >= 11 is 0. The van der Waals surface area contributed by atoms with Gasteiger partial charge in [0.2, 0.25) is 10.0 Å². The van der Waals surface area contributed by atoms with Crippen molar-refractivity contribution in [2.24, 2.45) is 0 Å². The average Bonchev–Trinajstić information content (AvgIpc) is 2.81. The number of aryl methyl sites for hydroxylation is 1. The molecule has 0 spiro atoms. The molecule has 0 aromatic heterocycles. The average molecular weight is 309 g/mol. The van der Waals surface area contributed by atoms with E-state index < -0.39 is 15.8 Å². The van der Waals surface area contributed by atoms with Gasteiger partial charge in [-0.2, -0.15) is 4.31 Å². The van der Waals surface area contributed by atoms with E-state index in [0.29, 0.717) is 13.1 Å². The normalized spacial score (nSPS) is 20.3. The second-order valence-electron chi connectivity index (χ2n) is 4.57. The molecule has 0 aliphatic carbocycles. The maximum Gasteiger partial charge on any atom is 0.246 e. The molecule has 19 heavy (non-hydrogen) atoms. The van der Waals surface area contributed by atoms with Crippen molar-refractivity contribution >= 4 is 22.4 Å². The van der Waals surface area contributed by atoms with Crippen LogP contribution in [0, 0.1) is 12.7 Å². The smallest absolute Gasteiger partial charge is 0.246 e. The van der Waals surface area contributed by atoms with Gasteiger partial charge in [0.15, 0.2) is 0 Å². The number of halogens is 2. The molecule has 0 radical (unpaired) electrons. The minimum Gasteiger partial charge on any atom is -0.316 e. The lowest BCUT2D eigenvalue weighted by Gasteiger charge is -2.17. The summed E-state index contributed by atoms with van der Waals surface area (Å²) in [5, 5.41) is 3.04. The maximum absolute atomic E-state index is 13.7. The number of hydrogen-bond donors (Lipinski definition) is 1. The van der Waals surface area contributed by atoms with E-state index in [0.717, 1.165) is 12.0 Å². The zero-order valence-corrected chi connectivity index (χ0v) is 12.5. The Labute approximate surface area is 119 Å². The van der Waals surface area contributed by atoms with Crippen molar-refractivity contribution in [3.05, 3.63) is 29.6 Å². The van der Waals surface area contributed by atoms with Crippen molar-refractivity contribution in [3.63, 3.8) is 0 Å². The van der Waals surface area contributed by atoms with E-state index in [1.165, 1.54) is 16.4 Å². The van der Waals surface area contributed by atoms with Crippen LogP contribution in [0.25, 0.3) is 0 Å². The Hall–Kier alpha value is -0.690. The van der Waals surface area contributed by atoms with Crippen LogP contribution in [0.2, 0.25) is 0 Å². The van der Waals surface area contributed by atoms with Crippen LogP contribution in [-0.2, 0) is 10.0 Å². The van der Waals surface area contributed by atoms with E-state index in [-0.39, 0.29) is 23.3 Å². The molecule has 0 saturated carbocycles. The maximum atomic E-state index is 13.7. The summed E-state index contributed by atoms with van der Waals surface area (Å²) in [6.07, 6.45) is 0.753. The molecule has 1 saturated heterocycles. The van der Waals surface area contributed by atoms with Crippen molar-refractivity contribution in [1.29, 1.82) is 0 Å². The predicted molar refractivity (Wildman–Crippen MR) is 74.6 cm³/mol. The number of hydrogen-bond acceptors (Lipinski definition) is 3. The van der Waals surface area contributed by atoms with Gasteiger partial charge < -0.3 is 5.32 Å². The third-order valence-electron chi connectivity index (χ3n) is 3.26. The number of nitrogens with one attached hydrogen (secondary N) is 1. The molecule has 0 amide bonds. The molecular formula is C12H18ClFN2O2S. The highest BCUT2D eigenvalue weighted by molar-refractivity contribution is 7.89. The third-order valence-corrected chi connectivity index (χ3v) is 5.14. The van der Waals surface area contributed by atoms with Crippen molar-refractivity contribution in [1.82, 2.24) is 9.62 Å². The van der Waals surface area contributed by atoms with Gasteiger partial charge in [-0.3, -0.25) is 0 Å². The topological polar surface area (TPSA) is 49.4 Å². The van der Waals surface area contributed by atoms with Crippen LogP contribution in [0.3, 0.4) is 0 Å². The first-order valence-corrected chi connectivity index (χ1v) is 7.32. The summed E-state index contributed by atoms with van der Waals surface area (Å²) < 4.78 is 39.7. The number of sulfonamides is 1. The molecule has 1 aromatic carbocycles. The van der Waals surface area contributed by atoms with Gasteiger partial charge in [-0.25, -0.2) is 12.8 Å². The van der Waals surface area contributed by atoms with Crippen molar-refractivity contribution < 1.29 is 12.8 Å². The molecule has 1 unspecified atom stereocenters. The molecule has 1 aromatic rings. The van der Waals surface area contributed by atoms with Gasteiger partial charge in [0.25, 0.3) is 0 Å². The summed E-state index contributed by atoms with van der Waals surface area (Å²) in [7, 11) is -1.92. The molecule has 1 fully saturated rings. The van der Waals surface area contributed by atoms with Crippen molar-refractivity contribution in [3.8, 4) is 0 Å². The first-order chi connectivity index (χ1) is 8.45. The first-order valence-electron chi connectivity index (χ1n) is 5.88. The van der Waals surface area contributed by atoms with Crippen LogP contribution in [0.1, 0.15) is 12.0 Å². The molecule has 1 atom stereocenters. The molecule has 4 nitrogen and oxygen atoms in total. The Bertz CT molecular complexity index is 551. The van der Waals surface area contributed by atoms with E-state index in [4.69, 9.17) is 0 Å². The molecule has 1 aliphatic heterocycles. The molecule has 1 heterocycles. The predicted octanol–water partition coefficient (Wildman–Crippen LogP) is 1.54. The van der Waals surface area contributed by atoms with Gasteiger partial charge in [0.05, 0.1) is 0 Å². The summed E-state index contributed by atoms with van der Waals surface area (Å²) in [6, 6.07) is 4.30. The van der Waals surface area contributed by atoms with Gasteiger partial charge in [-0.1, -0.05) is 6.07 Å². The fraction of sp³-hybridized carbons (Fsp3) is 0.500. The van der Waals surface area contributed by atoms with E-state index in [9.17, 15) is 12.8 Å². The lowest BCUT2D eigenvalue weighted by Crippen LogP contribution is -2.33. The number of rotatable bonds is 3. The summed E-state index contributed by atoms with van der Waals surface area (Å²) in [5.41, 5.74) is 0.735. The standard InChI is InChI=1S/C12H17FN2O2S.ClH/c1-9-3-4-11(13)12(7-9)18(16,17)15-6-5-10(8-15)14-2;/h3-4,7,10,14H,5-6,8H2,1-2H3;1H. The zero-order valence-electron chi connectivity index (χ0n) is 10.9. The van der Waals surface area contributed by atoms with Gasteiger partial charge >= 0.3 is 0 Å². The van der Waals surface area contributed by atoms with Crippen LogP contribution < -0.4 is 5.32 Å². The Kier molecular flexibility index (Phi) is 5.32. The SMILES string of the molecule is CNC1CCN(S(=O)(=O)c2cc(C)ccc2F)C1.Cl. The Balaban J connectivity index is 0.00000180. The highest BCUT2D eigenvalue weighted by atomic mass is 35.5. The van der Waals surface area contributed by atoms with Crippen LogP contribution in [-0.4, -0.2) is 38.9 Å². The van der Waals surface area contributed by atoms with Crippen LogP contribution >= 0.6 is 12.4 Å². The summed E-state index contributed by atoms with van der Waals surface area (Å²) in [5.74, 6) is -0.687. The molecule has 0 bridgehead atoms. The Morgan fingerprint density at radius 3 is 2.68 bits per heavy atom. The van der Waals surface area contributed by atoms with Crippen LogP contribution in [0.4, 0.5) is 4.39 Å². The molecule has 108 valence electrons. The van der Waals surface area contributed by atoms with Gasteiger partial charge in [-0.05, 0) is 38.1 Å². The van der Waals surface area contributed by atoms with Gasteiger partial charge in [0.1, 0.15) is 10.7 Å².